The van der Waals surface area contributed by atoms with Crippen LogP contribution in [0.4, 0.5) is 0 Å². The zero-order valence-electron chi connectivity index (χ0n) is 11.9. The zero-order chi connectivity index (χ0) is 13.8. The van der Waals surface area contributed by atoms with Gasteiger partial charge in [0.05, 0.1) is 18.5 Å². The lowest BCUT2D eigenvalue weighted by atomic mass is 10.2. The van der Waals surface area contributed by atoms with E-state index in [4.69, 9.17) is 4.74 Å². The molecule has 1 aliphatic heterocycles. The molecule has 0 atom stereocenters. The van der Waals surface area contributed by atoms with E-state index in [2.05, 4.69) is 21.9 Å². The molecule has 0 unspecified atom stereocenters. The van der Waals surface area contributed by atoms with Crippen molar-refractivity contribution in [2.45, 2.75) is 13.5 Å². The third kappa shape index (κ3) is 3.33. The summed E-state index contributed by atoms with van der Waals surface area (Å²) in [6.45, 7) is 7.11. The summed E-state index contributed by atoms with van der Waals surface area (Å²) in [5.41, 5.74) is 1.52. The van der Waals surface area contributed by atoms with Gasteiger partial charge in [-0.15, -0.1) is 0 Å². The largest absolute Gasteiger partial charge is 0.462 e. The Bertz CT molecular complexity index is 436. The molecule has 0 saturated carbocycles. The van der Waals surface area contributed by atoms with Crippen molar-refractivity contribution in [3.05, 3.63) is 17.5 Å². The molecule has 0 aliphatic carbocycles. The van der Waals surface area contributed by atoms with Crippen LogP contribution < -0.4 is 0 Å². The number of hydrogen-bond donors (Lipinski definition) is 0. The summed E-state index contributed by atoms with van der Waals surface area (Å²) in [6.07, 6.45) is 1.60. The first kappa shape index (κ1) is 14.0. The lowest BCUT2D eigenvalue weighted by molar-refractivity contribution is 0.0522. The van der Waals surface area contributed by atoms with Crippen molar-refractivity contribution in [3.63, 3.8) is 0 Å². The van der Waals surface area contributed by atoms with E-state index in [0.29, 0.717) is 12.2 Å². The number of rotatable bonds is 4. The molecule has 6 heteroatoms. The minimum atomic E-state index is -0.278. The molecule has 2 rings (SSSR count). The van der Waals surface area contributed by atoms with Crippen LogP contribution in [-0.2, 0) is 18.3 Å². The molecule has 0 spiro atoms. The number of piperazine rings is 1. The third-order valence-electron chi connectivity index (χ3n) is 3.53. The highest BCUT2D eigenvalue weighted by Crippen LogP contribution is 2.13. The van der Waals surface area contributed by atoms with Gasteiger partial charge >= 0.3 is 5.97 Å². The predicted molar refractivity (Wildman–Crippen MR) is 71.9 cm³/mol. The van der Waals surface area contributed by atoms with Crippen molar-refractivity contribution >= 4 is 5.97 Å². The first-order valence-electron chi connectivity index (χ1n) is 6.70. The van der Waals surface area contributed by atoms with Crippen molar-refractivity contribution in [1.82, 2.24) is 19.6 Å². The van der Waals surface area contributed by atoms with E-state index in [1.165, 1.54) is 0 Å². The Labute approximate surface area is 113 Å². The molecule has 1 fully saturated rings. The van der Waals surface area contributed by atoms with Gasteiger partial charge in [-0.25, -0.2) is 4.79 Å². The monoisotopic (exact) mass is 266 g/mol. The highest BCUT2D eigenvalue weighted by molar-refractivity contribution is 5.90. The van der Waals surface area contributed by atoms with Crippen LogP contribution in [-0.4, -0.2) is 65.4 Å². The lowest BCUT2D eigenvalue weighted by Crippen LogP contribution is -2.44. The van der Waals surface area contributed by atoms with Crippen LogP contribution in [0.3, 0.4) is 0 Å². The molecule has 1 saturated heterocycles. The third-order valence-corrected chi connectivity index (χ3v) is 3.53. The molecule has 106 valence electrons. The second-order valence-corrected chi connectivity index (χ2v) is 4.93. The standard InChI is InChI=1S/C13H22N4O2/c1-4-19-13(18)11-9-14-16(3)12(11)10-17-7-5-15(2)6-8-17/h9H,4-8,10H2,1-3H3. The first-order chi connectivity index (χ1) is 9.11. The number of carbonyl (C=O) groups excluding carboxylic acids is 1. The summed E-state index contributed by atoms with van der Waals surface area (Å²) < 4.78 is 6.84. The van der Waals surface area contributed by atoms with Gasteiger partial charge in [0.25, 0.3) is 0 Å². The van der Waals surface area contributed by atoms with Crippen molar-refractivity contribution in [2.24, 2.45) is 7.05 Å². The quantitative estimate of drug-likeness (QED) is 0.736. The fourth-order valence-corrected chi connectivity index (χ4v) is 2.25. The predicted octanol–water partition coefficient (Wildman–Crippen LogP) is 0.344. The summed E-state index contributed by atoms with van der Waals surface area (Å²) in [4.78, 5) is 16.5. The molecule has 1 aliphatic rings. The summed E-state index contributed by atoms with van der Waals surface area (Å²) in [5.74, 6) is -0.278. The van der Waals surface area contributed by atoms with Gasteiger partial charge in [-0.05, 0) is 14.0 Å². The number of nitrogens with zero attached hydrogens (tertiary/aromatic N) is 4. The van der Waals surface area contributed by atoms with Crippen LogP contribution in [0.5, 0.6) is 0 Å². The number of aromatic nitrogens is 2. The van der Waals surface area contributed by atoms with E-state index in [1.807, 2.05) is 14.0 Å². The minimum absolute atomic E-state index is 0.278. The van der Waals surface area contributed by atoms with Crippen LogP contribution in [0.2, 0.25) is 0 Å². The second-order valence-electron chi connectivity index (χ2n) is 4.93. The molecule has 1 aromatic heterocycles. The highest BCUT2D eigenvalue weighted by atomic mass is 16.5. The van der Waals surface area contributed by atoms with E-state index in [1.54, 1.807) is 10.9 Å². The first-order valence-corrected chi connectivity index (χ1v) is 6.70. The molecule has 0 bridgehead atoms. The Morgan fingerprint density at radius 2 is 2.00 bits per heavy atom. The lowest BCUT2D eigenvalue weighted by Gasteiger charge is -2.32. The Morgan fingerprint density at radius 3 is 2.63 bits per heavy atom. The maximum atomic E-state index is 11.9. The number of esters is 1. The van der Waals surface area contributed by atoms with E-state index in [-0.39, 0.29) is 5.97 Å². The SMILES string of the molecule is CCOC(=O)c1cnn(C)c1CN1CCN(C)CC1. The Hall–Kier alpha value is -1.40. The van der Waals surface area contributed by atoms with Crippen LogP contribution >= 0.6 is 0 Å². The van der Waals surface area contributed by atoms with Gasteiger partial charge in [-0.3, -0.25) is 9.58 Å². The average molecular weight is 266 g/mol. The molecular formula is C13H22N4O2. The van der Waals surface area contributed by atoms with Gasteiger partial charge in [0.2, 0.25) is 0 Å². The average Bonchev–Trinajstić information content (AvgIpc) is 2.74. The number of hydrogen-bond acceptors (Lipinski definition) is 5. The molecule has 0 amide bonds. The van der Waals surface area contributed by atoms with Crippen LogP contribution in [0.1, 0.15) is 23.0 Å². The molecule has 19 heavy (non-hydrogen) atoms. The fraction of sp³-hybridized carbons (Fsp3) is 0.692. The Balaban J connectivity index is 2.07. The van der Waals surface area contributed by atoms with E-state index in [9.17, 15) is 4.79 Å². The van der Waals surface area contributed by atoms with Gasteiger partial charge < -0.3 is 9.64 Å². The highest BCUT2D eigenvalue weighted by Gasteiger charge is 2.21. The molecule has 1 aromatic rings. The van der Waals surface area contributed by atoms with Gasteiger partial charge in [-0.2, -0.15) is 5.10 Å². The number of carbonyl (C=O) groups is 1. The van der Waals surface area contributed by atoms with Crippen molar-refractivity contribution < 1.29 is 9.53 Å². The summed E-state index contributed by atoms with van der Waals surface area (Å²) in [5, 5.41) is 4.18. The van der Waals surface area contributed by atoms with Crippen LogP contribution in [0.25, 0.3) is 0 Å². The Kier molecular flexibility index (Phi) is 4.55. The molecule has 0 radical (unpaired) electrons. The zero-order valence-corrected chi connectivity index (χ0v) is 11.9. The topological polar surface area (TPSA) is 50.6 Å². The minimum Gasteiger partial charge on any atom is -0.462 e. The smallest absolute Gasteiger partial charge is 0.341 e. The maximum absolute atomic E-state index is 11.9. The number of likely N-dealkylation sites (N-methyl/N-ethyl adjacent to an activating group) is 1. The van der Waals surface area contributed by atoms with Crippen molar-refractivity contribution in [1.29, 1.82) is 0 Å². The summed E-state index contributed by atoms with van der Waals surface area (Å²) in [7, 11) is 4.00. The van der Waals surface area contributed by atoms with E-state index >= 15 is 0 Å². The molecule has 2 heterocycles. The van der Waals surface area contributed by atoms with E-state index < -0.39 is 0 Å². The van der Waals surface area contributed by atoms with Gasteiger partial charge in [-0.1, -0.05) is 0 Å². The van der Waals surface area contributed by atoms with Crippen LogP contribution in [0.15, 0.2) is 6.20 Å². The number of ether oxygens (including phenoxy) is 1. The van der Waals surface area contributed by atoms with E-state index in [0.717, 1.165) is 38.4 Å². The van der Waals surface area contributed by atoms with Gasteiger partial charge in [0, 0.05) is 39.8 Å². The maximum Gasteiger partial charge on any atom is 0.341 e. The summed E-state index contributed by atoms with van der Waals surface area (Å²) in [6, 6.07) is 0. The summed E-state index contributed by atoms with van der Waals surface area (Å²) >= 11 is 0. The fourth-order valence-electron chi connectivity index (χ4n) is 2.25. The second kappa shape index (κ2) is 6.16. The normalized spacial score (nSPS) is 17.6. The molecule has 0 aromatic carbocycles. The Morgan fingerprint density at radius 1 is 1.32 bits per heavy atom. The molecule has 0 N–H and O–H groups in total. The molecule has 6 nitrogen and oxygen atoms in total. The van der Waals surface area contributed by atoms with Crippen molar-refractivity contribution in [3.8, 4) is 0 Å². The van der Waals surface area contributed by atoms with Crippen LogP contribution in [0, 0.1) is 0 Å². The van der Waals surface area contributed by atoms with Crippen molar-refractivity contribution in [2.75, 3.05) is 39.8 Å². The number of aryl methyl sites for hydroxylation is 1. The van der Waals surface area contributed by atoms with Gasteiger partial charge in [0.15, 0.2) is 0 Å². The molecular weight excluding hydrogens is 244 g/mol. The van der Waals surface area contributed by atoms with Gasteiger partial charge in [0.1, 0.15) is 5.56 Å².